The standard InChI is InChI=1S/C14H19N5/c1-4-15-13-11(3)14(18-9-17-13)16-8-12-7-5-6-10(2)19-12/h5-7,9H,4,8H2,1-3H3,(H2,15,16,17,18). The molecule has 0 aliphatic rings. The maximum Gasteiger partial charge on any atom is 0.134 e. The number of hydrogen-bond acceptors (Lipinski definition) is 5. The van der Waals surface area contributed by atoms with Crippen LogP contribution in [-0.4, -0.2) is 21.5 Å². The van der Waals surface area contributed by atoms with Crippen molar-refractivity contribution in [2.24, 2.45) is 0 Å². The number of aromatic nitrogens is 3. The number of nitrogens with zero attached hydrogens (tertiary/aromatic N) is 3. The Labute approximate surface area is 113 Å². The minimum absolute atomic E-state index is 0.658. The maximum atomic E-state index is 4.46. The number of nitrogens with one attached hydrogen (secondary N) is 2. The quantitative estimate of drug-likeness (QED) is 0.861. The summed E-state index contributed by atoms with van der Waals surface area (Å²) in [6, 6.07) is 6.00. The Morgan fingerprint density at radius 1 is 1.05 bits per heavy atom. The largest absolute Gasteiger partial charge is 0.370 e. The Morgan fingerprint density at radius 2 is 1.79 bits per heavy atom. The van der Waals surface area contributed by atoms with Gasteiger partial charge in [-0.1, -0.05) is 6.07 Å². The molecule has 2 N–H and O–H groups in total. The van der Waals surface area contributed by atoms with Crippen molar-refractivity contribution in [1.82, 2.24) is 15.0 Å². The van der Waals surface area contributed by atoms with Crippen LogP contribution in [0.2, 0.25) is 0 Å². The molecule has 19 heavy (non-hydrogen) atoms. The van der Waals surface area contributed by atoms with E-state index >= 15 is 0 Å². The summed E-state index contributed by atoms with van der Waals surface area (Å²) in [6.45, 7) is 7.54. The Morgan fingerprint density at radius 3 is 2.47 bits per heavy atom. The highest BCUT2D eigenvalue weighted by atomic mass is 15.1. The second-order valence-electron chi connectivity index (χ2n) is 4.35. The van der Waals surface area contributed by atoms with Crippen LogP contribution in [0.1, 0.15) is 23.9 Å². The molecule has 0 unspecified atom stereocenters. The Balaban J connectivity index is 2.09. The van der Waals surface area contributed by atoms with Gasteiger partial charge in [0.2, 0.25) is 0 Å². The van der Waals surface area contributed by atoms with Gasteiger partial charge in [0, 0.05) is 17.8 Å². The highest BCUT2D eigenvalue weighted by molar-refractivity contribution is 5.56. The lowest BCUT2D eigenvalue weighted by Crippen LogP contribution is -2.08. The Kier molecular flexibility index (Phi) is 4.28. The number of pyridine rings is 1. The molecule has 0 fully saturated rings. The summed E-state index contributed by atoms with van der Waals surface area (Å²) >= 11 is 0. The summed E-state index contributed by atoms with van der Waals surface area (Å²) in [7, 11) is 0. The molecular weight excluding hydrogens is 238 g/mol. The van der Waals surface area contributed by atoms with Gasteiger partial charge in [-0.3, -0.25) is 4.98 Å². The van der Waals surface area contributed by atoms with E-state index in [4.69, 9.17) is 0 Å². The van der Waals surface area contributed by atoms with Crippen molar-refractivity contribution < 1.29 is 0 Å². The van der Waals surface area contributed by atoms with Crippen molar-refractivity contribution in [3.8, 4) is 0 Å². The first-order valence-corrected chi connectivity index (χ1v) is 6.42. The molecule has 0 saturated carbocycles. The van der Waals surface area contributed by atoms with Gasteiger partial charge in [-0.2, -0.15) is 0 Å². The second-order valence-corrected chi connectivity index (χ2v) is 4.35. The SMILES string of the molecule is CCNc1ncnc(NCc2cccc(C)n2)c1C. The Bertz CT molecular complexity index is 553. The van der Waals surface area contributed by atoms with Gasteiger partial charge in [-0.05, 0) is 32.9 Å². The van der Waals surface area contributed by atoms with Gasteiger partial charge in [0.05, 0.1) is 12.2 Å². The van der Waals surface area contributed by atoms with Gasteiger partial charge in [0.25, 0.3) is 0 Å². The average Bonchev–Trinajstić information content (AvgIpc) is 2.40. The molecule has 100 valence electrons. The molecular formula is C14H19N5. The first kappa shape index (κ1) is 13.3. The zero-order chi connectivity index (χ0) is 13.7. The van der Waals surface area contributed by atoms with Crippen molar-refractivity contribution in [1.29, 1.82) is 0 Å². The van der Waals surface area contributed by atoms with Gasteiger partial charge < -0.3 is 10.6 Å². The van der Waals surface area contributed by atoms with Crippen molar-refractivity contribution in [2.45, 2.75) is 27.3 Å². The van der Waals surface area contributed by atoms with Gasteiger partial charge in [-0.15, -0.1) is 0 Å². The maximum absolute atomic E-state index is 4.46. The summed E-state index contributed by atoms with van der Waals surface area (Å²) in [4.78, 5) is 12.9. The fourth-order valence-corrected chi connectivity index (χ4v) is 1.85. The lowest BCUT2D eigenvalue weighted by molar-refractivity contribution is 0.988. The number of aryl methyl sites for hydroxylation is 1. The van der Waals surface area contributed by atoms with Gasteiger partial charge in [-0.25, -0.2) is 9.97 Å². The first-order valence-electron chi connectivity index (χ1n) is 6.42. The van der Waals surface area contributed by atoms with Crippen LogP contribution < -0.4 is 10.6 Å². The molecule has 5 heteroatoms. The first-order chi connectivity index (χ1) is 9.20. The van der Waals surface area contributed by atoms with Gasteiger partial charge in [0.1, 0.15) is 18.0 Å². The van der Waals surface area contributed by atoms with Crippen LogP contribution in [0.15, 0.2) is 24.5 Å². The van der Waals surface area contributed by atoms with Crippen molar-refractivity contribution >= 4 is 11.6 Å². The van der Waals surface area contributed by atoms with E-state index in [0.29, 0.717) is 6.54 Å². The van der Waals surface area contributed by atoms with Crippen molar-refractivity contribution in [3.63, 3.8) is 0 Å². The predicted molar refractivity (Wildman–Crippen MR) is 77.2 cm³/mol. The van der Waals surface area contributed by atoms with E-state index in [9.17, 15) is 0 Å². The topological polar surface area (TPSA) is 62.7 Å². The summed E-state index contributed by atoms with van der Waals surface area (Å²) in [6.07, 6.45) is 1.57. The van der Waals surface area contributed by atoms with Crippen molar-refractivity contribution in [3.05, 3.63) is 41.5 Å². The molecule has 0 saturated heterocycles. The molecule has 0 radical (unpaired) electrons. The zero-order valence-electron chi connectivity index (χ0n) is 11.6. The highest BCUT2D eigenvalue weighted by Gasteiger charge is 2.06. The molecule has 0 amide bonds. The minimum atomic E-state index is 0.658. The monoisotopic (exact) mass is 257 g/mol. The van der Waals surface area contributed by atoms with E-state index in [1.54, 1.807) is 6.33 Å². The Hall–Kier alpha value is -2.17. The summed E-state index contributed by atoms with van der Waals surface area (Å²) in [5.41, 5.74) is 3.05. The predicted octanol–water partition coefficient (Wildman–Crippen LogP) is 2.53. The third kappa shape index (κ3) is 3.40. The fourth-order valence-electron chi connectivity index (χ4n) is 1.85. The third-order valence-corrected chi connectivity index (χ3v) is 2.81. The van der Waals surface area contributed by atoms with Crippen LogP contribution >= 0.6 is 0 Å². The van der Waals surface area contributed by atoms with E-state index in [0.717, 1.165) is 35.1 Å². The highest BCUT2D eigenvalue weighted by Crippen LogP contribution is 2.18. The molecule has 0 aromatic carbocycles. The molecule has 0 spiro atoms. The fraction of sp³-hybridized carbons (Fsp3) is 0.357. The van der Waals surface area contributed by atoms with Gasteiger partial charge >= 0.3 is 0 Å². The second kappa shape index (κ2) is 6.13. The summed E-state index contributed by atoms with van der Waals surface area (Å²) < 4.78 is 0. The number of anilines is 2. The van der Waals surface area contributed by atoms with Crippen LogP contribution in [0.5, 0.6) is 0 Å². The molecule has 0 aliphatic heterocycles. The average molecular weight is 257 g/mol. The lowest BCUT2D eigenvalue weighted by atomic mass is 10.3. The zero-order valence-corrected chi connectivity index (χ0v) is 11.6. The van der Waals surface area contributed by atoms with E-state index in [-0.39, 0.29) is 0 Å². The van der Waals surface area contributed by atoms with E-state index in [1.807, 2.05) is 39.0 Å². The molecule has 0 atom stereocenters. The van der Waals surface area contributed by atoms with E-state index in [1.165, 1.54) is 0 Å². The molecule has 2 heterocycles. The summed E-state index contributed by atoms with van der Waals surface area (Å²) in [5, 5.41) is 6.52. The van der Waals surface area contributed by atoms with Crippen LogP contribution in [0.3, 0.4) is 0 Å². The minimum Gasteiger partial charge on any atom is -0.370 e. The van der Waals surface area contributed by atoms with Crippen molar-refractivity contribution in [2.75, 3.05) is 17.2 Å². The van der Waals surface area contributed by atoms with Crippen LogP contribution in [0.4, 0.5) is 11.6 Å². The molecule has 0 bridgehead atoms. The number of hydrogen-bond donors (Lipinski definition) is 2. The van der Waals surface area contributed by atoms with E-state index < -0.39 is 0 Å². The van der Waals surface area contributed by atoms with Crippen LogP contribution in [0, 0.1) is 13.8 Å². The van der Waals surface area contributed by atoms with Crippen LogP contribution in [-0.2, 0) is 6.54 Å². The smallest absolute Gasteiger partial charge is 0.134 e. The van der Waals surface area contributed by atoms with E-state index in [2.05, 4.69) is 25.6 Å². The molecule has 0 aliphatic carbocycles. The molecule has 5 nitrogen and oxygen atoms in total. The summed E-state index contributed by atoms with van der Waals surface area (Å²) in [5.74, 6) is 1.71. The molecule has 2 aromatic heterocycles. The molecule has 2 aromatic rings. The number of rotatable bonds is 5. The molecule has 2 rings (SSSR count). The normalized spacial score (nSPS) is 10.3. The lowest BCUT2D eigenvalue weighted by Gasteiger charge is -2.11. The van der Waals surface area contributed by atoms with Gasteiger partial charge in [0.15, 0.2) is 0 Å². The third-order valence-electron chi connectivity index (χ3n) is 2.81. The van der Waals surface area contributed by atoms with Crippen LogP contribution in [0.25, 0.3) is 0 Å².